The zero-order valence-corrected chi connectivity index (χ0v) is 8.37. The molecule has 15 heavy (non-hydrogen) atoms. The fourth-order valence-electron chi connectivity index (χ4n) is 2.31. The van der Waals surface area contributed by atoms with Crippen molar-refractivity contribution in [3.63, 3.8) is 0 Å². The molecule has 0 saturated heterocycles. The summed E-state index contributed by atoms with van der Waals surface area (Å²) in [4.78, 5) is 13.8. The van der Waals surface area contributed by atoms with E-state index in [1.54, 1.807) is 6.07 Å². The van der Waals surface area contributed by atoms with E-state index in [1.165, 1.54) is 18.6 Å². The summed E-state index contributed by atoms with van der Waals surface area (Å²) >= 11 is 0. The number of nitrogens with zero attached hydrogens (tertiary/aromatic N) is 1. The van der Waals surface area contributed by atoms with E-state index in [9.17, 15) is 9.18 Å². The van der Waals surface area contributed by atoms with E-state index in [0.717, 1.165) is 18.4 Å². The van der Waals surface area contributed by atoms with E-state index < -0.39 is 0 Å². The Morgan fingerprint density at radius 3 is 2.80 bits per heavy atom. The normalized spacial score (nSPS) is 20.3. The van der Waals surface area contributed by atoms with Gasteiger partial charge in [-0.25, -0.2) is 4.39 Å². The summed E-state index contributed by atoms with van der Waals surface area (Å²) in [5.41, 5.74) is 1.52. The van der Waals surface area contributed by atoms with E-state index in [2.05, 4.69) is 0 Å². The minimum atomic E-state index is -0.253. The molecule has 0 spiro atoms. The Morgan fingerprint density at radius 2 is 2.13 bits per heavy atom. The largest absolute Gasteiger partial charge is 0.331 e. The van der Waals surface area contributed by atoms with Crippen LogP contribution in [0.5, 0.6) is 0 Å². The molecule has 3 rings (SSSR count). The average Bonchev–Trinajstić information content (AvgIpc) is 2.41. The van der Waals surface area contributed by atoms with Crippen molar-refractivity contribution in [1.82, 2.24) is 4.90 Å². The molecule has 0 atom stereocenters. The maximum absolute atomic E-state index is 13.0. The van der Waals surface area contributed by atoms with Crippen LogP contribution in [0.1, 0.15) is 35.2 Å². The van der Waals surface area contributed by atoms with E-state index in [1.807, 2.05) is 4.90 Å². The highest BCUT2D eigenvalue weighted by Gasteiger charge is 2.35. The molecule has 1 amide bonds. The number of halogens is 1. The molecule has 1 aliphatic carbocycles. The molecule has 1 heterocycles. The summed E-state index contributed by atoms with van der Waals surface area (Å²) in [6, 6.07) is 4.84. The lowest BCUT2D eigenvalue weighted by Gasteiger charge is -2.34. The highest BCUT2D eigenvalue weighted by atomic mass is 19.1. The van der Waals surface area contributed by atoms with Crippen molar-refractivity contribution in [2.45, 2.75) is 31.8 Å². The number of carbonyl (C=O) groups excluding carboxylic acids is 1. The zero-order chi connectivity index (χ0) is 10.4. The van der Waals surface area contributed by atoms with Gasteiger partial charge in [0.1, 0.15) is 5.82 Å². The van der Waals surface area contributed by atoms with Crippen molar-refractivity contribution in [2.24, 2.45) is 0 Å². The molecule has 1 aromatic rings. The van der Waals surface area contributed by atoms with Crippen LogP contribution in [-0.4, -0.2) is 16.8 Å². The van der Waals surface area contributed by atoms with Gasteiger partial charge in [0, 0.05) is 18.2 Å². The third-order valence-electron chi connectivity index (χ3n) is 3.41. The van der Waals surface area contributed by atoms with Crippen molar-refractivity contribution in [2.75, 3.05) is 0 Å². The summed E-state index contributed by atoms with van der Waals surface area (Å²) < 4.78 is 13.0. The van der Waals surface area contributed by atoms with Crippen LogP contribution >= 0.6 is 0 Å². The number of hydrogen-bond acceptors (Lipinski definition) is 1. The smallest absolute Gasteiger partial charge is 0.254 e. The highest BCUT2D eigenvalue weighted by Crippen LogP contribution is 2.32. The maximum atomic E-state index is 13.0. The van der Waals surface area contributed by atoms with Crippen molar-refractivity contribution in [1.29, 1.82) is 0 Å². The lowest BCUT2D eigenvalue weighted by Crippen LogP contribution is -2.40. The molecule has 1 aliphatic heterocycles. The van der Waals surface area contributed by atoms with E-state index >= 15 is 0 Å². The quantitative estimate of drug-likeness (QED) is 0.689. The lowest BCUT2D eigenvalue weighted by atomic mass is 9.92. The number of rotatable bonds is 1. The van der Waals surface area contributed by atoms with E-state index in [4.69, 9.17) is 0 Å². The minimum absolute atomic E-state index is 0.0784. The Kier molecular flexibility index (Phi) is 1.81. The van der Waals surface area contributed by atoms with E-state index in [0.29, 0.717) is 18.2 Å². The second-order valence-corrected chi connectivity index (χ2v) is 4.32. The number of fused-ring (bicyclic) bond motifs is 1. The second-order valence-electron chi connectivity index (χ2n) is 4.32. The Morgan fingerprint density at radius 1 is 1.33 bits per heavy atom. The molecule has 1 fully saturated rings. The third-order valence-corrected chi connectivity index (χ3v) is 3.41. The van der Waals surface area contributed by atoms with Gasteiger partial charge in [-0.15, -0.1) is 0 Å². The first-order chi connectivity index (χ1) is 7.25. The molecule has 0 N–H and O–H groups in total. The molecule has 78 valence electrons. The standard InChI is InChI=1S/C12H12FNO/c13-9-4-5-11-8(6-9)7-14(12(11)15)10-2-1-3-10/h4-6,10H,1-3,7H2. The van der Waals surface area contributed by atoms with Gasteiger partial charge in [0.05, 0.1) is 0 Å². The van der Waals surface area contributed by atoms with Gasteiger partial charge in [0.15, 0.2) is 0 Å². The minimum Gasteiger partial charge on any atom is -0.331 e. The Bertz CT molecular complexity index is 426. The predicted molar refractivity (Wildman–Crippen MR) is 53.9 cm³/mol. The summed E-state index contributed by atoms with van der Waals surface area (Å²) in [5.74, 6) is -0.174. The molecule has 0 bridgehead atoms. The molecular weight excluding hydrogens is 193 g/mol. The predicted octanol–water partition coefficient (Wildman–Crippen LogP) is 2.33. The first-order valence-electron chi connectivity index (χ1n) is 5.35. The first kappa shape index (κ1) is 8.89. The molecule has 1 aromatic carbocycles. The number of hydrogen-bond donors (Lipinski definition) is 0. The Labute approximate surface area is 87.7 Å². The molecule has 1 saturated carbocycles. The maximum Gasteiger partial charge on any atom is 0.254 e. The molecule has 0 aromatic heterocycles. The average molecular weight is 205 g/mol. The van der Waals surface area contributed by atoms with Gasteiger partial charge in [-0.1, -0.05) is 0 Å². The molecule has 2 nitrogen and oxygen atoms in total. The molecule has 3 heteroatoms. The van der Waals surface area contributed by atoms with Crippen LogP contribution in [-0.2, 0) is 6.54 Å². The number of carbonyl (C=O) groups is 1. The van der Waals surface area contributed by atoms with Gasteiger partial charge in [0.25, 0.3) is 5.91 Å². The van der Waals surface area contributed by atoms with Crippen molar-refractivity contribution in [3.8, 4) is 0 Å². The Balaban J connectivity index is 1.94. The van der Waals surface area contributed by atoms with Crippen LogP contribution in [0.2, 0.25) is 0 Å². The molecule has 2 aliphatic rings. The monoisotopic (exact) mass is 205 g/mol. The first-order valence-corrected chi connectivity index (χ1v) is 5.35. The summed E-state index contributed by atoms with van der Waals surface area (Å²) in [7, 11) is 0. The summed E-state index contributed by atoms with van der Waals surface area (Å²) in [5, 5.41) is 0. The highest BCUT2D eigenvalue weighted by molar-refractivity contribution is 5.98. The van der Waals surface area contributed by atoms with Crippen LogP contribution in [0, 0.1) is 5.82 Å². The third kappa shape index (κ3) is 1.26. The van der Waals surface area contributed by atoms with Gasteiger partial charge < -0.3 is 4.90 Å². The van der Waals surface area contributed by atoms with Gasteiger partial charge in [-0.3, -0.25) is 4.79 Å². The van der Waals surface area contributed by atoms with Crippen molar-refractivity contribution in [3.05, 3.63) is 35.1 Å². The van der Waals surface area contributed by atoms with Gasteiger partial charge in [0.2, 0.25) is 0 Å². The van der Waals surface area contributed by atoms with E-state index in [-0.39, 0.29) is 11.7 Å². The second kappa shape index (κ2) is 3.05. The van der Waals surface area contributed by atoms with Crippen molar-refractivity contribution < 1.29 is 9.18 Å². The molecule has 0 radical (unpaired) electrons. The number of amides is 1. The topological polar surface area (TPSA) is 20.3 Å². The van der Waals surface area contributed by atoms with Crippen LogP contribution in [0.25, 0.3) is 0 Å². The van der Waals surface area contributed by atoms with Crippen LogP contribution in [0.15, 0.2) is 18.2 Å². The lowest BCUT2D eigenvalue weighted by molar-refractivity contribution is 0.0606. The van der Waals surface area contributed by atoms with Crippen LogP contribution in [0.4, 0.5) is 4.39 Å². The SMILES string of the molecule is O=C1c2ccc(F)cc2CN1C1CCC1. The summed E-state index contributed by atoms with van der Waals surface area (Å²) in [6.45, 7) is 0.594. The summed E-state index contributed by atoms with van der Waals surface area (Å²) in [6.07, 6.45) is 3.41. The fourth-order valence-corrected chi connectivity index (χ4v) is 2.31. The zero-order valence-electron chi connectivity index (χ0n) is 8.37. The van der Waals surface area contributed by atoms with Crippen LogP contribution < -0.4 is 0 Å². The van der Waals surface area contributed by atoms with Gasteiger partial charge >= 0.3 is 0 Å². The Hall–Kier alpha value is -1.38. The van der Waals surface area contributed by atoms with Gasteiger partial charge in [-0.05, 0) is 43.0 Å². The van der Waals surface area contributed by atoms with Crippen molar-refractivity contribution >= 4 is 5.91 Å². The van der Waals surface area contributed by atoms with Gasteiger partial charge in [-0.2, -0.15) is 0 Å². The van der Waals surface area contributed by atoms with Crippen LogP contribution in [0.3, 0.4) is 0 Å². The molecular formula is C12H12FNO. The molecule has 0 unspecified atom stereocenters. The number of benzene rings is 1. The fraction of sp³-hybridized carbons (Fsp3) is 0.417.